The maximum absolute atomic E-state index is 13.6. The fourth-order valence-corrected chi connectivity index (χ4v) is 4.16. The molecule has 0 atom stereocenters. The summed E-state index contributed by atoms with van der Waals surface area (Å²) in [5, 5.41) is 0.138. The molecule has 1 aromatic rings. The smallest absolute Gasteiger partial charge is 0.215 e. The van der Waals surface area contributed by atoms with Crippen LogP contribution >= 0.6 is 11.6 Å². The van der Waals surface area contributed by atoms with Crippen LogP contribution in [0.25, 0.3) is 0 Å². The molecule has 2 rings (SSSR count). The maximum atomic E-state index is 13.6. The standard InChI is InChI=1S/C15H22ClFN2O2S/c16-14-6-4-7-15(17)13(14)12-22(20,21)18-8-5-11-19-9-2-1-3-10-19/h4,6-7,18H,1-3,5,8-12H2. The Bertz CT molecular complexity index is 569. The van der Waals surface area contributed by atoms with Crippen molar-refractivity contribution in [3.63, 3.8) is 0 Å². The van der Waals surface area contributed by atoms with Crippen molar-refractivity contribution in [2.24, 2.45) is 0 Å². The summed E-state index contributed by atoms with van der Waals surface area (Å²) in [7, 11) is -3.58. The zero-order valence-corrected chi connectivity index (χ0v) is 14.1. The lowest BCUT2D eigenvalue weighted by Gasteiger charge is -2.26. The van der Waals surface area contributed by atoms with Crippen LogP contribution < -0.4 is 4.72 Å². The van der Waals surface area contributed by atoms with Gasteiger partial charge in [-0.25, -0.2) is 17.5 Å². The van der Waals surface area contributed by atoms with Crippen LogP contribution in [0.4, 0.5) is 4.39 Å². The summed E-state index contributed by atoms with van der Waals surface area (Å²) in [4.78, 5) is 2.35. The van der Waals surface area contributed by atoms with Crippen LogP contribution in [0.2, 0.25) is 5.02 Å². The number of hydrogen-bond acceptors (Lipinski definition) is 3. The van der Waals surface area contributed by atoms with Crippen molar-refractivity contribution in [3.8, 4) is 0 Å². The molecule has 22 heavy (non-hydrogen) atoms. The second-order valence-corrected chi connectivity index (χ2v) is 7.82. The van der Waals surface area contributed by atoms with Gasteiger partial charge >= 0.3 is 0 Å². The number of rotatable bonds is 7. The highest BCUT2D eigenvalue weighted by Crippen LogP contribution is 2.20. The van der Waals surface area contributed by atoms with Gasteiger partial charge in [-0.3, -0.25) is 0 Å². The largest absolute Gasteiger partial charge is 0.303 e. The number of piperidine rings is 1. The number of nitrogens with zero attached hydrogens (tertiary/aromatic N) is 1. The summed E-state index contributed by atoms with van der Waals surface area (Å²) < 4.78 is 40.2. The highest BCUT2D eigenvalue weighted by molar-refractivity contribution is 7.88. The van der Waals surface area contributed by atoms with Crippen molar-refractivity contribution < 1.29 is 12.8 Å². The Hall–Kier alpha value is -0.690. The van der Waals surface area contributed by atoms with E-state index in [9.17, 15) is 12.8 Å². The van der Waals surface area contributed by atoms with Crippen molar-refractivity contribution in [1.82, 2.24) is 9.62 Å². The third-order valence-corrected chi connectivity index (χ3v) is 5.48. The minimum Gasteiger partial charge on any atom is -0.303 e. The van der Waals surface area contributed by atoms with E-state index < -0.39 is 21.6 Å². The van der Waals surface area contributed by atoms with E-state index in [4.69, 9.17) is 11.6 Å². The average Bonchev–Trinajstić information content (AvgIpc) is 2.49. The van der Waals surface area contributed by atoms with E-state index >= 15 is 0 Å². The monoisotopic (exact) mass is 348 g/mol. The molecular formula is C15H22ClFN2O2S. The normalized spacial score (nSPS) is 16.8. The third kappa shape index (κ3) is 5.50. The van der Waals surface area contributed by atoms with Gasteiger partial charge in [-0.05, 0) is 51.0 Å². The molecule has 1 aliphatic rings. The molecule has 0 radical (unpaired) electrons. The predicted octanol–water partition coefficient (Wildman–Crippen LogP) is 2.77. The molecule has 1 saturated heterocycles. The summed E-state index contributed by atoms with van der Waals surface area (Å²) in [6, 6.07) is 4.17. The summed E-state index contributed by atoms with van der Waals surface area (Å²) in [6.45, 7) is 3.45. The van der Waals surface area contributed by atoms with E-state index in [1.165, 1.54) is 37.5 Å². The van der Waals surface area contributed by atoms with Crippen molar-refractivity contribution in [3.05, 3.63) is 34.6 Å². The lowest BCUT2D eigenvalue weighted by atomic mass is 10.1. The molecule has 0 spiro atoms. The van der Waals surface area contributed by atoms with Gasteiger partial charge in [0.15, 0.2) is 0 Å². The van der Waals surface area contributed by atoms with E-state index in [0.29, 0.717) is 6.54 Å². The first-order valence-electron chi connectivity index (χ1n) is 7.60. The van der Waals surface area contributed by atoms with Crippen LogP contribution in [0.15, 0.2) is 18.2 Å². The van der Waals surface area contributed by atoms with Gasteiger partial charge in [-0.2, -0.15) is 0 Å². The lowest BCUT2D eigenvalue weighted by molar-refractivity contribution is 0.227. The summed E-state index contributed by atoms with van der Waals surface area (Å²) in [5.74, 6) is -1.02. The average molecular weight is 349 g/mol. The fraction of sp³-hybridized carbons (Fsp3) is 0.600. The number of nitrogens with one attached hydrogen (secondary N) is 1. The summed E-state index contributed by atoms with van der Waals surface area (Å²) >= 11 is 5.86. The minimum absolute atomic E-state index is 0.0210. The molecule has 0 amide bonds. The Balaban J connectivity index is 1.78. The molecule has 124 valence electrons. The Labute approximate surface area is 136 Å². The van der Waals surface area contributed by atoms with Crippen LogP contribution in [-0.4, -0.2) is 39.5 Å². The SMILES string of the molecule is O=S(=O)(Cc1c(F)cccc1Cl)NCCCN1CCCCC1. The first-order valence-corrected chi connectivity index (χ1v) is 9.63. The molecule has 0 aromatic heterocycles. The van der Waals surface area contributed by atoms with Crippen molar-refractivity contribution in [2.45, 2.75) is 31.4 Å². The van der Waals surface area contributed by atoms with E-state index in [0.717, 1.165) is 26.1 Å². The van der Waals surface area contributed by atoms with Crippen molar-refractivity contribution in [1.29, 1.82) is 0 Å². The van der Waals surface area contributed by atoms with Gasteiger partial charge in [0.05, 0.1) is 5.75 Å². The topological polar surface area (TPSA) is 49.4 Å². The summed E-state index contributed by atoms with van der Waals surface area (Å²) in [5.41, 5.74) is 0.0210. The maximum Gasteiger partial charge on any atom is 0.215 e. The van der Waals surface area contributed by atoms with E-state index in [-0.39, 0.29) is 10.6 Å². The van der Waals surface area contributed by atoms with E-state index in [1.54, 1.807) is 0 Å². The zero-order chi connectivity index (χ0) is 16.0. The van der Waals surface area contributed by atoms with Crippen LogP contribution in [0.5, 0.6) is 0 Å². The number of likely N-dealkylation sites (tertiary alicyclic amines) is 1. The van der Waals surface area contributed by atoms with Gasteiger partial charge in [0, 0.05) is 17.1 Å². The van der Waals surface area contributed by atoms with Gasteiger partial charge in [-0.1, -0.05) is 24.1 Å². The van der Waals surface area contributed by atoms with Crippen molar-refractivity contribution >= 4 is 21.6 Å². The van der Waals surface area contributed by atoms with Gasteiger partial charge in [0.2, 0.25) is 10.0 Å². The number of hydrogen-bond donors (Lipinski definition) is 1. The first kappa shape index (κ1) is 17.7. The number of benzene rings is 1. The molecule has 0 aliphatic carbocycles. The highest BCUT2D eigenvalue weighted by Gasteiger charge is 2.17. The summed E-state index contributed by atoms with van der Waals surface area (Å²) in [6.07, 6.45) is 4.48. The molecule has 4 nitrogen and oxygen atoms in total. The fourth-order valence-electron chi connectivity index (χ4n) is 2.62. The third-order valence-electron chi connectivity index (χ3n) is 3.82. The first-order chi connectivity index (χ1) is 10.5. The quantitative estimate of drug-likeness (QED) is 0.771. The number of sulfonamides is 1. The lowest BCUT2D eigenvalue weighted by Crippen LogP contribution is -2.33. The predicted molar refractivity (Wildman–Crippen MR) is 86.9 cm³/mol. The van der Waals surface area contributed by atoms with E-state index in [2.05, 4.69) is 9.62 Å². The van der Waals surface area contributed by atoms with Crippen LogP contribution in [0, 0.1) is 5.82 Å². The Morgan fingerprint density at radius 3 is 2.64 bits per heavy atom. The second-order valence-electron chi connectivity index (χ2n) is 5.61. The van der Waals surface area contributed by atoms with Crippen molar-refractivity contribution in [2.75, 3.05) is 26.2 Å². The van der Waals surface area contributed by atoms with Gasteiger partial charge in [-0.15, -0.1) is 0 Å². The van der Waals surface area contributed by atoms with Gasteiger partial charge in [0.1, 0.15) is 5.82 Å². The molecule has 1 aromatic carbocycles. The molecule has 0 saturated carbocycles. The molecule has 0 unspecified atom stereocenters. The molecule has 7 heteroatoms. The molecule has 1 fully saturated rings. The second kappa shape index (κ2) is 8.24. The van der Waals surface area contributed by atoms with Crippen LogP contribution in [-0.2, 0) is 15.8 Å². The minimum atomic E-state index is -3.58. The Morgan fingerprint density at radius 2 is 1.95 bits per heavy atom. The highest BCUT2D eigenvalue weighted by atomic mass is 35.5. The van der Waals surface area contributed by atoms with Crippen LogP contribution in [0.1, 0.15) is 31.2 Å². The molecule has 0 bridgehead atoms. The van der Waals surface area contributed by atoms with Gasteiger partial charge in [0.25, 0.3) is 0 Å². The molecule has 1 heterocycles. The van der Waals surface area contributed by atoms with Crippen LogP contribution in [0.3, 0.4) is 0 Å². The molecular weight excluding hydrogens is 327 g/mol. The molecule has 1 aliphatic heterocycles. The molecule has 1 N–H and O–H groups in total. The Morgan fingerprint density at radius 1 is 1.23 bits per heavy atom. The van der Waals surface area contributed by atoms with Gasteiger partial charge < -0.3 is 4.90 Å². The Kier molecular flexibility index (Phi) is 6.62. The zero-order valence-electron chi connectivity index (χ0n) is 12.5. The number of halogens is 2. The van der Waals surface area contributed by atoms with E-state index in [1.807, 2.05) is 0 Å².